The molecule has 0 bridgehead atoms. The van der Waals surface area contributed by atoms with Gasteiger partial charge in [0, 0.05) is 11.6 Å². The number of aliphatic hydroxyl groups is 1. The molecule has 130 valence electrons. The molecule has 3 rings (SSSR count). The maximum atomic E-state index is 9.15. The SMILES string of the molecule is C[n+]1cccc(Cn2ncc(N=Nc3cccc(CO)c3)c2N)c1.[Br-]. The van der Waals surface area contributed by atoms with Gasteiger partial charge >= 0.3 is 0 Å². The molecule has 0 atom stereocenters. The molecule has 0 aliphatic heterocycles. The molecule has 0 saturated heterocycles. The number of aliphatic hydroxyl groups excluding tert-OH is 1. The Bertz CT molecular complexity index is 877. The summed E-state index contributed by atoms with van der Waals surface area (Å²) in [6.45, 7) is 0.536. The van der Waals surface area contributed by atoms with Crippen LogP contribution in [0.3, 0.4) is 0 Å². The highest BCUT2D eigenvalue weighted by Gasteiger charge is 2.09. The summed E-state index contributed by atoms with van der Waals surface area (Å²) in [6, 6.07) is 11.2. The molecule has 0 aliphatic rings. The molecule has 0 amide bonds. The van der Waals surface area contributed by atoms with Crippen molar-refractivity contribution in [2.45, 2.75) is 13.2 Å². The summed E-state index contributed by atoms with van der Waals surface area (Å²) in [5.41, 5.74) is 9.16. The maximum Gasteiger partial charge on any atom is 0.173 e. The van der Waals surface area contributed by atoms with Gasteiger partial charge in [-0.25, -0.2) is 9.25 Å². The molecule has 0 unspecified atom stereocenters. The van der Waals surface area contributed by atoms with E-state index in [1.807, 2.05) is 54.3 Å². The van der Waals surface area contributed by atoms with Crippen molar-refractivity contribution in [3.05, 3.63) is 66.1 Å². The molecular weight excluding hydrogens is 384 g/mol. The van der Waals surface area contributed by atoms with E-state index in [1.165, 1.54) is 0 Å². The number of nitrogens with zero attached hydrogens (tertiary/aromatic N) is 5. The van der Waals surface area contributed by atoms with Crippen molar-refractivity contribution in [1.82, 2.24) is 9.78 Å². The molecule has 1 aromatic carbocycles. The number of rotatable bonds is 5. The molecule has 3 aromatic rings. The minimum absolute atomic E-state index is 0. The second-order valence-electron chi connectivity index (χ2n) is 5.48. The first-order valence-corrected chi connectivity index (χ1v) is 7.52. The zero-order chi connectivity index (χ0) is 16.9. The van der Waals surface area contributed by atoms with Crippen LogP contribution in [0.4, 0.5) is 17.2 Å². The Balaban J connectivity index is 0.00000225. The lowest BCUT2D eigenvalue weighted by molar-refractivity contribution is -0.671. The van der Waals surface area contributed by atoms with Gasteiger partial charge in [0.15, 0.2) is 12.4 Å². The van der Waals surface area contributed by atoms with E-state index in [2.05, 4.69) is 15.3 Å². The van der Waals surface area contributed by atoms with Gasteiger partial charge in [0.25, 0.3) is 0 Å². The number of hydrogen-bond donors (Lipinski definition) is 2. The summed E-state index contributed by atoms with van der Waals surface area (Å²) in [4.78, 5) is 0. The normalized spacial score (nSPS) is 10.8. The van der Waals surface area contributed by atoms with E-state index in [0.717, 1.165) is 11.1 Å². The molecule has 2 heterocycles. The average molecular weight is 403 g/mol. The third kappa shape index (κ3) is 4.71. The van der Waals surface area contributed by atoms with Crippen LogP contribution in [0.1, 0.15) is 11.1 Å². The van der Waals surface area contributed by atoms with Crippen molar-refractivity contribution in [2.24, 2.45) is 17.3 Å². The number of nitrogens with two attached hydrogens (primary N) is 1. The first-order chi connectivity index (χ1) is 11.7. The lowest BCUT2D eigenvalue weighted by Gasteiger charge is -2.03. The summed E-state index contributed by atoms with van der Waals surface area (Å²) >= 11 is 0. The second-order valence-corrected chi connectivity index (χ2v) is 5.48. The van der Waals surface area contributed by atoms with Crippen LogP contribution >= 0.6 is 0 Å². The van der Waals surface area contributed by atoms with Crippen LogP contribution in [0.2, 0.25) is 0 Å². The Kier molecular flexibility index (Phi) is 6.37. The lowest BCUT2D eigenvalue weighted by Crippen LogP contribution is -3.00. The molecule has 0 radical (unpaired) electrons. The van der Waals surface area contributed by atoms with Crippen molar-refractivity contribution in [2.75, 3.05) is 5.73 Å². The summed E-state index contributed by atoms with van der Waals surface area (Å²) in [6.07, 6.45) is 5.58. The molecule has 25 heavy (non-hydrogen) atoms. The molecule has 0 saturated carbocycles. The molecule has 0 fully saturated rings. The third-order valence-electron chi connectivity index (χ3n) is 3.56. The van der Waals surface area contributed by atoms with Crippen LogP contribution in [0.15, 0.2) is 65.2 Å². The van der Waals surface area contributed by atoms with Crippen molar-refractivity contribution in [1.29, 1.82) is 0 Å². The molecule has 0 spiro atoms. The van der Waals surface area contributed by atoms with E-state index in [4.69, 9.17) is 10.8 Å². The average Bonchev–Trinajstić information content (AvgIpc) is 2.93. The standard InChI is InChI=1S/C17H19N6O.BrH/c1-22-7-3-5-14(10-22)11-23-17(18)16(9-19-23)21-20-15-6-2-4-13(8-15)12-24;/h2-10,24H,11-12,18H2,1H3;1H/q+1;/p-1. The van der Waals surface area contributed by atoms with E-state index < -0.39 is 0 Å². The van der Waals surface area contributed by atoms with Crippen LogP contribution in [0.25, 0.3) is 0 Å². The van der Waals surface area contributed by atoms with E-state index in [-0.39, 0.29) is 23.6 Å². The largest absolute Gasteiger partial charge is 1.00 e. The number of benzene rings is 1. The van der Waals surface area contributed by atoms with Crippen molar-refractivity contribution >= 4 is 17.2 Å². The first-order valence-electron chi connectivity index (χ1n) is 7.52. The zero-order valence-corrected chi connectivity index (χ0v) is 15.3. The van der Waals surface area contributed by atoms with E-state index in [0.29, 0.717) is 23.7 Å². The number of azo groups is 1. The van der Waals surface area contributed by atoms with Gasteiger partial charge in [-0.3, -0.25) is 0 Å². The number of nitrogen functional groups attached to an aromatic ring is 1. The Labute approximate surface area is 156 Å². The van der Waals surface area contributed by atoms with Crippen LogP contribution in [0.5, 0.6) is 0 Å². The van der Waals surface area contributed by atoms with E-state index >= 15 is 0 Å². The smallest absolute Gasteiger partial charge is 0.173 e. The fraction of sp³-hybridized carbons (Fsp3) is 0.176. The number of hydrogen-bond acceptors (Lipinski definition) is 5. The van der Waals surface area contributed by atoms with Crippen molar-refractivity contribution in [3.8, 4) is 0 Å². The second kappa shape index (κ2) is 8.50. The van der Waals surface area contributed by atoms with Gasteiger partial charge in [0.1, 0.15) is 18.6 Å². The highest BCUT2D eigenvalue weighted by molar-refractivity contribution is 5.56. The minimum atomic E-state index is -0.0298. The Morgan fingerprint density at radius 3 is 2.76 bits per heavy atom. The Morgan fingerprint density at radius 1 is 1.20 bits per heavy atom. The van der Waals surface area contributed by atoms with Crippen LogP contribution < -0.4 is 27.3 Å². The fourth-order valence-corrected chi connectivity index (χ4v) is 2.33. The number of aromatic nitrogens is 3. The Morgan fingerprint density at radius 2 is 2.00 bits per heavy atom. The van der Waals surface area contributed by atoms with Gasteiger partial charge < -0.3 is 27.8 Å². The van der Waals surface area contributed by atoms with E-state index in [1.54, 1.807) is 16.9 Å². The van der Waals surface area contributed by atoms with Gasteiger partial charge in [0.05, 0.1) is 25.0 Å². The zero-order valence-electron chi connectivity index (χ0n) is 13.7. The van der Waals surface area contributed by atoms with Gasteiger partial charge in [-0.05, 0) is 23.8 Å². The number of aryl methyl sites for hydroxylation is 1. The van der Waals surface area contributed by atoms with Gasteiger partial charge in [-0.1, -0.05) is 12.1 Å². The molecule has 2 aromatic heterocycles. The summed E-state index contributed by atoms with van der Waals surface area (Å²) < 4.78 is 3.66. The van der Waals surface area contributed by atoms with Crippen LogP contribution in [-0.2, 0) is 20.2 Å². The number of pyridine rings is 1. The minimum Gasteiger partial charge on any atom is -1.00 e. The summed E-state index contributed by atoms with van der Waals surface area (Å²) in [5, 5.41) is 21.7. The van der Waals surface area contributed by atoms with Gasteiger partial charge in [-0.2, -0.15) is 10.2 Å². The predicted octanol–water partition coefficient (Wildman–Crippen LogP) is -0.750. The summed E-state index contributed by atoms with van der Waals surface area (Å²) in [5.74, 6) is 0.462. The van der Waals surface area contributed by atoms with Gasteiger partial charge in [-0.15, -0.1) is 5.11 Å². The molecule has 0 aliphatic carbocycles. The molecule has 8 heteroatoms. The van der Waals surface area contributed by atoms with Crippen LogP contribution in [0, 0.1) is 0 Å². The topological polar surface area (TPSA) is 92.7 Å². The fourth-order valence-electron chi connectivity index (χ4n) is 2.33. The van der Waals surface area contributed by atoms with Crippen molar-refractivity contribution in [3.63, 3.8) is 0 Å². The quantitative estimate of drug-likeness (QED) is 0.434. The summed E-state index contributed by atoms with van der Waals surface area (Å²) in [7, 11) is 1.97. The first kappa shape index (κ1) is 18.8. The highest BCUT2D eigenvalue weighted by atomic mass is 79.9. The number of anilines is 1. The number of halogens is 1. The third-order valence-corrected chi connectivity index (χ3v) is 3.56. The predicted molar refractivity (Wildman–Crippen MR) is 89.9 cm³/mol. The monoisotopic (exact) mass is 402 g/mol. The van der Waals surface area contributed by atoms with E-state index in [9.17, 15) is 0 Å². The lowest BCUT2D eigenvalue weighted by atomic mass is 10.2. The molecule has 7 nitrogen and oxygen atoms in total. The maximum absolute atomic E-state index is 9.15. The molecular formula is C17H19BrN6O. The highest BCUT2D eigenvalue weighted by Crippen LogP contribution is 2.25. The molecule has 3 N–H and O–H groups in total. The van der Waals surface area contributed by atoms with Crippen molar-refractivity contribution < 1.29 is 26.7 Å². The van der Waals surface area contributed by atoms with Crippen LogP contribution in [-0.4, -0.2) is 14.9 Å². The van der Waals surface area contributed by atoms with Gasteiger partial charge in [0.2, 0.25) is 0 Å². The Hall–Kier alpha value is -2.58.